The molecular formula is C5H5ClO2. The van der Waals surface area contributed by atoms with Gasteiger partial charge in [0.05, 0.1) is 5.57 Å². The molecule has 0 aromatic carbocycles. The highest BCUT2D eigenvalue weighted by atomic mass is 35.5. The van der Waals surface area contributed by atoms with Gasteiger partial charge in [0.2, 0.25) is 0 Å². The predicted octanol–water partition coefficient (Wildman–Crippen LogP) is 1.36. The lowest BCUT2D eigenvalue weighted by Crippen LogP contribution is -2.09. The van der Waals surface area contributed by atoms with Gasteiger partial charge in [-0.15, -0.1) is 0 Å². The minimum Gasteiger partial charge on any atom is -0.478 e. The van der Waals surface area contributed by atoms with Crippen molar-refractivity contribution in [3.05, 3.63) is 10.6 Å². The third-order valence-electron chi connectivity index (χ3n) is 1.18. The summed E-state index contributed by atoms with van der Waals surface area (Å²) >= 11 is 5.41. The summed E-state index contributed by atoms with van der Waals surface area (Å²) in [7, 11) is 0. The van der Waals surface area contributed by atoms with E-state index in [-0.39, 0.29) is 0 Å². The molecule has 44 valence electrons. The largest absolute Gasteiger partial charge is 0.478 e. The Morgan fingerprint density at radius 3 is 2.25 bits per heavy atom. The molecule has 1 rings (SSSR count). The van der Waals surface area contributed by atoms with E-state index in [0.717, 1.165) is 6.42 Å². The van der Waals surface area contributed by atoms with Gasteiger partial charge in [0.1, 0.15) is 0 Å². The fourth-order valence-corrected chi connectivity index (χ4v) is 0.837. The van der Waals surface area contributed by atoms with Crippen molar-refractivity contribution in [2.24, 2.45) is 0 Å². The first-order valence-electron chi connectivity index (χ1n) is 2.32. The van der Waals surface area contributed by atoms with Crippen LogP contribution in [0.4, 0.5) is 0 Å². The minimum absolute atomic E-state index is 0.381. The topological polar surface area (TPSA) is 37.3 Å². The first-order valence-corrected chi connectivity index (χ1v) is 2.70. The van der Waals surface area contributed by atoms with Crippen LogP contribution >= 0.6 is 11.6 Å². The first kappa shape index (κ1) is 5.63. The van der Waals surface area contributed by atoms with Gasteiger partial charge in [-0.25, -0.2) is 4.79 Å². The molecule has 0 amide bonds. The second-order valence-corrected chi connectivity index (χ2v) is 2.14. The van der Waals surface area contributed by atoms with Gasteiger partial charge >= 0.3 is 5.97 Å². The van der Waals surface area contributed by atoms with Crippen LogP contribution in [-0.4, -0.2) is 11.1 Å². The molecule has 0 saturated carbocycles. The van der Waals surface area contributed by atoms with Crippen molar-refractivity contribution < 1.29 is 9.90 Å². The van der Waals surface area contributed by atoms with Gasteiger partial charge in [0.15, 0.2) is 0 Å². The Kier molecular flexibility index (Phi) is 1.26. The third-order valence-corrected chi connectivity index (χ3v) is 1.60. The van der Waals surface area contributed by atoms with Crippen LogP contribution in [-0.2, 0) is 4.79 Å². The summed E-state index contributed by atoms with van der Waals surface area (Å²) in [6.45, 7) is 0. The van der Waals surface area contributed by atoms with Gasteiger partial charge in [-0.2, -0.15) is 0 Å². The predicted molar refractivity (Wildman–Crippen MR) is 29.7 cm³/mol. The summed E-state index contributed by atoms with van der Waals surface area (Å²) in [5.41, 5.74) is 0.381. The molecule has 0 radical (unpaired) electrons. The van der Waals surface area contributed by atoms with Gasteiger partial charge < -0.3 is 5.11 Å². The molecule has 0 heterocycles. The molecule has 0 unspecified atom stereocenters. The zero-order chi connectivity index (χ0) is 6.15. The van der Waals surface area contributed by atoms with Gasteiger partial charge in [-0.1, -0.05) is 11.6 Å². The molecule has 0 aromatic heterocycles. The second-order valence-electron chi connectivity index (χ2n) is 1.69. The fourth-order valence-electron chi connectivity index (χ4n) is 0.567. The molecule has 3 heteroatoms. The van der Waals surface area contributed by atoms with Crippen LogP contribution in [0.2, 0.25) is 0 Å². The van der Waals surface area contributed by atoms with E-state index in [1.54, 1.807) is 0 Å². The van der Waals surface area contributed by atoms with Crippen molar-refractivity contribution >= 4 is 17.6 Å². The summed E-state index contributed by atoms with van der Waals surface area (Å²) < 4.78 is 0. The van der Waals surface area contributed by atoms with Gasteiger partial charge in [0.25, 0.3) is 0 Å². The average Bonchev–Trinajstić information content (AvgIpc) is 1.61. The van der Waals surface area contributed by atoms with Crippen LogP contribution in [0.3, 0.4) is 0 Å². The lowest BCUT2D eigenvalue weighted by atomic mass is 9.99. The molecular weight excluding hydrogens is 128 g/mol. The molecule has 1 aliphatic rings. The number of hydrogen-bond acceptors (Lipinski definition) is 1. The normalized spacial score (nSPS) is 18.1. The Labute approximate surface area is 51.8 Å². The van der Waals surface area contributed by atoms with Crippen LogP contribution in [0.15, 0.2) is 10.6 Å². The number of halogens is 1. The maximum absolute atomic E-state index is 10.0. The van der Waals surface area contributed by atoms with Crippen molar-refractivity contribution in [1.29, 1.82) is 0 Å². The van der Waals surface area contributed by atoms with Crippen LogP contribution in [0.25, 0.3) is 0 Å². The van der Waals surface area contributed by atoms with Crippen LogP contribution in [0, 0.1) is 0 Å². The number of rotatable bonds is 1. The van der Waals surface area contributed by atoms with Crippen LogP contribution in [0.5, 0.6) is 0 Å². The summed E-state index contributed by atoms with van der Waals surface area (Å²) in [4.78, 5) is 10.0. The summed E-state index contributed by atoms with van der Waals surface area (Å²) in [6, 6.07) is 0. The maximum Gasteiger partial charge on any atom is 0.332 e. The van der Waals surface area contributed by atoms with E-state index in [1.807, 2.05) is 0 Å². The van der Waals surface area contributed by atoms with Gasteiger partial charge in [0, 0.05) is 5.03 Å². The van der Waals surface area contributed by atoms with E-state index < -0.39 is 5.97 Å². The molecule has 2 nitrogen and oxygen atoms in total. The van der Waals surface area contributed by atoms with Crippen molar-refractivity contribution in [2.75, 3.05) is 0 Å². The zero-order valence-corrected chi connectivity index (χ0v) is 4.90. The number of carboxylic acids is 1. The SMILES string of the molecule is O=C(O)C1=C(Cl)CC1. The van der Waals surface area contributed by atoms with Gasteiger partial charge in [-0.05, 0) is 12.8 Å². The standard InChI is InChI=1S/C5H5ClO2/c6-4-2-1-3(4)5(7)8/h1-2H2,(H,7,8). The monoisotopic (exact) mass is 132 g/mol. The van der Waals surface area contributed by atoms with E-state index >= 15 is 0 Å². The summed E-state index contributed by atoms with van der Waals surface area (Å²) in [6.07, 6.45) is 1.37. The highest BCUT2D eigenvalue weighted by Gasteiger charge is 2.20. The summed E-state index contributed by atoms with van der Waals surface area (Å²) in [5, 5.41) is 8.77. The quantitative estimate of drug-likeness (QED) is 0.585. The number of carboxylic acid groups (broad SMARTS) is 1. The molecule has 8 heavy (non-hydrogen) atoms. The Hall–Kier alpha value is -0.500. The molecule has 0 aliphatic heterocycles. The molecule has 0 saturated heterocycles. The maximum atomic E-state index is 10.0. The van der Waals surface area contributed by atoms with Crippen molar-refractivity contribution in [3.63, 3.8) is 0 Å². The van der Waals surface area contributed by atoms with E-state index in [1.165, 1.54) is 0 Å². The lowest BCUT2D eigenvalue weighted by Gasteiger charge is -2.13. The Morgan fingerprint density at radius 1 is 1.62 bits per heavy atom. The van der Waals surface area contributed by atoms with E-state index in [4.69, 9.17) is 16.7 Å². The molecule has 0 spiro atoms. The first-order chi connectivity index (χ1) is 3.72. The highest BCUT2D eigenvalue weighted by Crippen LogP contribution is 2.30. The summed E-state index contributed by atoms with van der Waals surface area (Å²) in [5.74, 6) is -0.874. The number of carbonyl (C=O) groups is 1. The zero-order valence-electron chi connectivity index (χ0n) is 4.15. The average molecular weight is 133 g/mol. The molecule has 0 aromatic rings. The van der Waals surface area contributed by atoms with Gasteiger partial charge in [-0.3, -0.25) is 0 Å². The van der Waals surface area contributed by atoms with Crippen molar-refractivity contribution in [2.45, 2.75) is 12.8 Å². The Bertz CT molecular complexity index is 160. The van der Waals surface area contributed by atoms with E-state index in [0.29, 0.717) is 17.0 Å². The number of allylic oxidation sites excluding steroid dienone is 1. The Balaban J connectivity index is 2.74. The molecule has 0 bridgehead atoms. The van der Waals surface area contributed by atoms with Crippen molar-refractivity contribution in [1.82, 2.24) is 0 Å². The third kappa shape index (κ3) is 0.713. The molecule has 1 aliphatic carbocycles. The lowest BCUT2D eigenvalue weighted by molar-refractivity contribution is -0.133. The minimum atomic E-state index is -0.874. The number of aliphatic carboxylic acids is 1. The fraction of sp³-hybridized carbons (Fsp3) is 0.400. The van der Waals surface area contributed by atoms with Crippen LogP contribution in [0.1, 0.15) is 12.8 Å². The van der Waals surface area contributed by atoms with Crippen LogP contribution < -0.4 is 0 Å². The smallest absolute Gasteiger partial charge is 0.332 e. The number of hydrogen-bond donors (Lipinski definition) is 1. The Morgan fingerprint density at radius 2 is 2.25 bits per heavy atom. The molecule has 1 N–H and O–H groups in total. The van der Waals surface area contributed by atoms with E-state index in [2.05, 4.69) is 0 Å². The highest BCUT2D eigenvalue weighted by molar-refractivity contribution is 6.32. The van der Waals surface area contributed by atoms with E-state index in [9.17, 15) is 4.79 Å². The molecule has 0 atom stereocenters. The van der Waals surface area contributed by atoms with Crippen molar-refractivity contribution in [3.8, 4) is 0 Å². The molecule has 0 fully saturated rings. The second kappa shape index (κ2) is 1.78.